The number of aryl methyl sites for hydroxylation is 2. The average Bonchev–Trinajstić information content (AvgIpc) is 2.35. The summed E-state index contributed by atoms with van der Waals surface area (Å²) in [7, 11) is 0. The van der Waals surface area contributed by atoms with Gasteiger partial charge in [-0.1, -0.05) is 39.0 Å². The lowest BCUT2D eigenvalue weighted by atomic mass is 9.87. The second kappa shape index (κ2) is 8.39. The first-order chi connectivity index (χ1) is 9.62. The lowest BCUT2D eigenvalue weighted by Crippen LogP contribution is -2.51. The van der Waals surface area contributed by atoms with Crippen molar-refractivity contribution in [2.24, 2.45) is 11.1 Å². The molecule has 3 N–H and O–H groups in total. The van der Waals surface area contributed by atoms with Gasteiger partial charge in [0.05, 0.1) is 12.1 Å². The van der Waals surface area contributed by atoms with E-state index in [1.165, 1.54) is 0 Å². The molecule has 0 spiro atoms. The molecule has 126 valence electrons. The number of hydrogen-bond donors (Lipinski definition) is 2. The average molecular weight is 329 g/mol. The molecular formula is C17H29ClN2O2. The van der Waals surface area contributed by atoms with E-state index in [4.69, 9.17) is 10.5 Å². The molecule has 0 aliphatic carbocycles. The summed E-state index contributed by atoms with van der Waals surface area (Å²) in [5.41, 5.74) is 7.72. The number of para-hydroxylation sites is 1. The van der Waals surface area contributed by atoms with Crippen molar-refractivity contribution < 1.29 is 9.53 Å². The molecule has 1 amide bonds. The number of rotatable bonds is 5. The lowest BCUT2D eigenvalue weighted by molar-refractivity contribution is -0.123. The van der Waals surface area contributed by atoms with E-state index in [0.29, 0.717) is 6.61 Å². The van der Waals surface area contributed by atoms with Gasteiger partial charge in [-0.3, -0.25) is 4.79 Å². The largest absolute Gasteiger partial charge is 0.491 e. The molecule has 0 aliphatic rings. The van der Waals surface area contributed by atoms with E-state index in [1.54, 1.807) is 6.92 Å². The Kier molecular flexibility index (Phi) is 7.91. The van der Waals surface area contributed by atoms with Crippen LogP contribution in [-0.4, -0.2) is 24.6 Å². The van der Waals surface area contributed by atoms with Gasteiger partial charge in [0.1, 0.15) is 12.4 Å². The Morgan fingerprint density at radius 3 is 2.18 bits per heavy atom. The predicted octanol–water partition coefficient (Wildman–Crippen LogP) is 2.98. The molecule has 0 radical (unpaired) electrons. The number of carbonyl (C=O) groups excluding carboxylic acids is 1. The number of nitrogens with two attached hydrogens (primary N) is 1. The summed E-state index contributed by atoms with van der Waals surface area (Å²) in [5, 5.41) is 2.98. The summed E-state index contributed by atoms with van der Waals surface area (Å²) in [5.74, 6) is 0.738. The Morgan fingerprint density at radius 2 is 1.77 bits per heavy atom. The van der Waals surface area contributed by atoms with Gasteiger partial charge in [0.25, 0.3) is 0 Å². The van der Waals surface area contributed by atoms with E-state index in [-0.39, 0.29) is 29.8 Å². The third-order valence-corrected chi connectivity index (χ3v) is 3.58. The van der Waals surface area contributed by atoms with Crippen molar-refractivity contribution in [3.8, 4) is 5.75 Å². The Balaban J connectivity index is 0.00000441. The van der Waals surface area contributed by atoms with Crippen LogP contribution in [0.4, 0.5) is 0 Å². The molecule has 1 rings (SSSR count). The fraction of sp³-hybridized carbons (Fsp3) is 0.588. The highest BCUT2D eigenvalue weighted by molar-refractivity contribution is 5.85. The molecule has 22 heavy (non-hydrogen) atoms. The minimum absolute atomic E-state index is 0. The number of halogens is 1. The van der Waals surface area contributed by atoms with E-state index in [1.807, 2.05) is 32.0 Å². The van der Waals surface area contributed by atoms with Gasteiger partial charge >= 0.3 is 0 Å². The highest BCUT2D eigenvalue weighted by Crippen LogP contribution is 2.25. The molecule has 1 unspecified atom stereocenters. The molecule has 0 saturated heterocycles. The lowest BCUT2D eigenvalue weighted by Gasteiger charge is -2.32. The summed E-state index contributed by atoms with van der Waals surface area (Å²) in [6.45, 7) is 12.4. The first-order valence-electron chi connectivity index (χ1n) is 7.38. The zero-order chi connectivity index (χ0) is 16.2. The van der Waals surface area contributed by atoms with Crippen LogP contribution in [-0.2, 0) is 4.79 Å². The smallest absolute Gasteiger partial charge is 0.236 e. The van der Waals surface area contributed by atoms with Crippen LogP contribution in [0.25, 0.3) is 0 Å². The molecule has 0 bridgehead atoms. The third-order valence-electron chi connectivity index (χ3n) is 3.58. The normalized spacial score (nSPS) is 13.8. The standard InChI is InChI=1S/C17H28N2O2.ClH/c1-11-8-7-9-12(2)15(11)21-10-14(17(4,5)6)19-16(20)13(3)18;/h7-9,13-14H,10,18H2,1-6H3,(H,19,20);1H/t13-,14?;/m1./s1. The first kappa shape index (κ1) is 20.7. The molecule has 0 saturated carbocycles. The van der Waals surface area contributed by atoms with E-state index in [9.17, 15) is 4.79 Å². The van der Waals surface area contributed by atoms with Gasteiger partial charge in [-0.25, -0.2) is 0 Å². The first-order valence-corrected chi connectivity index (χ1v) is 7.38. The summed E-state index contributed by atoms with van der Waals surface area (Å²) < 4.78 is 5.98. The third kappa shape index (κ3) is 5.85. The van der Waals surface area contributed by atoms with Gasteiger partial charge in [0, 0.05) is 0 Å². The molecule has 0 aromatic heterocycles. The maximum absolute atomic E-state index is 11.9. The molecule has 0 heterocycles. The zero-order valence-electron chi connectivity index (χ0n) is 14.4. The Labute approximate surface area is 140 Å². The van der Waals surface area contributed by atoms with Crippen LogP contribution in [0.1, 0.15) is 38.8 Å². The SMILES string of the molecule is Cc1cccc(C)c1OCC(NC(=O)[C@@H](C)N)C(C)(C)C.Cl. The van der Waals surface area contributed by atoms with Gasteiger partial charge in [-0.15, -0.1) is 12.4 Å². The highest BCUT2D eigenvalue weighted by atomic mass is 35.5. The summed E-state index contributed by atoms with van der Waals surface area (Å²) >= 11 is 0. The quantitative estimate of drug-likeness (QED) is 0.873. The molecule has 5 heteroatoms. The molecular weight excluding hydrogens is 300 g/mol. The fourth-order valence-corrected chi connectivity index (χ4v) is 2.00. The maximum Gasteiger partial charge on any atom is 0.236 e. The molecule has 1 aromatic rings. The number of nitrogens with one attached hydrogen (secondary N) is 1. The van der Waals surface area contributed by atoms with Gasteiger partial charge in [0.2, 0.25) is 5.91 Å². The van der Waals surface area contributed by atoms with E-state index < -0.39 is 6.04 Å². The minimum Gasteiger partial charge on any atom is -0.491 e. The summed E-state index contributed by atoms with van der Waals surface area (Å²) in [6.07, 6.45) is 0. The van der Waals surface area contributed by atoms with Crippen LogP contribution in [0.2, 0.25) is 0 Å². The van der Waals surface area contributed by atoms with Crippen molar-refractivity contribution in [3.05, 3.63) is 29.3 Å². The number of carbonyl (C=O) groups is 1. The van der Waals surface area contributed by atoms with Gasteiger partial charge in [-0.05, 0) is 37.3 Å². The summed E-state index contributed by atoms with van der Waals surface area (Å²) in [6, 6.07) is 5.44. The Morgan fingerprint density at radius 1 is 1.27 bits per heavy atom. The van der Waals surface area contributed by atoms with E-state index in [0.717, 1.165) is 16.9 Å². The van der Waals surface area contributed by atoms with Crippen LogP contribution in [0.3, 0.4) is 0 Å². The number of ether oxygens (including phenoxy) is 1. The van der Waals surface area contributed by atoms with Crippen molar-refractivity contribution >= 4 is 18.3 Å². The van der Waals surface area contributed by atoms with Crippen molar-refractivity contribution in [2.75, 3.05) is 6.61 Å². The van der Waals surface area contributed by atoms with Crippen LogP contribution in [0.5, 0.6) is 5.75 Å². The zero-order valence-corrected chi connectivity index (χ0v) is 15.2. The number of benzene rings is 1. The van der Waals surface area contributed by atoms with Crippen molar-refractivity contribution in [3.63, 3.8) is 0 Å². The minimum atomic E-state index is -0.518. The van der Waals surface area contributed by atoms with Crippen molar-refractivity contribution in [1.82, 2.24) is 5.32 Å². The van der Waals surface area contributed by atoms with E-state index in [2.05, 4.69) is 26.1 Å². The van der Waals surface area contributed by atoms with Gasteiger partial charge < -0.3 is 15.8 Å². The van der Waals surface area contributed by atoms with Crippen molar-refractivity contribution in [1.29, 1.82) is 0 Å². The van der Waals surface area contributed by atoms with Crippen LogP contribution < -0.4 is 15.8 Å². The molecule has 0 fully saturated rings. The molecule has 4 nitrogen and oxygen atoms in total. The second-order valence-corrected chi connectivity index (χ2v) is 6.75. The summed E-state index contributed by atoms with van der Waals surface area (Å²) in [4.78, 5) is 11.9. The molecule has 2 atom stereocenters. The number of amides is 1. The van der Waals surface area contributed by atoms with Crippen molar-refractivity contribution in [2.45, 2.75) is 53.6 Å². The fourth-order valence-electron chi connectivity index (χ4n) is 2.00. The number of hydrogen-bond acceptors (Lipinski definition) is 3. The Bertz CT molecular complexity index is 476. The topological polar surface area (TPSA) is 64.3 Å². The van der Waals surface area contributed by atoms with Crippen LogP contribution >= 0.6 is 12.4 Å². The van der Waals surface area contributed by atoms with Gasteiger partial charge in [0.15, 0.2) is 0 Å². The highest BCUT2D eigenvalue weighted by Gasteiger charge is 2.28. The maximum atomic E-state index is 11.9. The molecule has 0 aliphatic heterocycles. The predicted molar refractivity (Wildman–Crippen MR) is 93.7 cm³/mol. The van der Waals surface area contributed by atoms with E-state index >= 15 is 0 Å². The van der Waals surface area contributed by atoms with Crippen LogP contribution in [0, 0.1) is 19.3 Å². The monoisotopic (exact) mass is 328 g/mol. The van der Waals surface area contributed by atoms with Gasteiger partial charge in [-0.2, -0.15) is 0 Å². The Hall–Kier alpha value is -1.26. The van der Waals surface area contributed by atoms with Crippen LogP contribution in [0.15, 0.2) is 18.2 Å². The molecule has 1 aromatic carbocycles. The second-order valence-electron chi connectivity index (χ2n) is 6.75.